The first-order chi connectivity index (χ1) is 18.4. The number of pyridine rings is 1. The number of ether oxygens (including phenoxy) is 2. The van der Waals surface area contributed by atoms with Crippen LogP contribution in [0, 0.1) is 0 Å². The lowest BCUT2D eigenvalue weighted by atomic mass is 10.0. The van der Waals surface area contributed by atoms with Crippen molar-refractivity contribution in [3.8, 4) is 23.0 Å². The van der Waals surface area contributed by atoms with Gasteiger partial charge < -0.3 is 29.0 Å². The van der Waals surface area contributed by atoms with E-state index in [4.69, 9.17) is 26.1 Å². The van der Waals surface area contributed by atoms with E-state index in [9.17, 15) is 9.90 Å². The molecule has 0 amide bonds. The van der Waals surface area contributed by atoms with Crippen LogP contribution in [-0.4, -0.2) is 56.9 Å². The van der Waals surface area contributed by atoms with Crippen molar-refractivity contribution in [3.05, 3.63) is 65.3 Å². The molecule has 38 heavy (non-hydrogen) atoms. The van der Waals surface area contributed by atoms with Gasteiger partial charge in [-0.2, -0.15) is 4.98 Å². The molecule has 1 saturated heterocycles. The SMILES string of the molecule is CC(C(=O)O)c1cn(C)c2cc(Oc3nc4nc(-c5ccc(N6CCOCC6)cc5)c(Cl)cc4[nH]3)ccc12. The Morgan fingerprint density at radius 3 is 2.63 bits per heavy atom. The molecule has 1 fully saturated rings. The van der Waals surface area contributed by atoms with Crippen molar-refractivity contribution in [2.45, 2.75) is 12.8 Å². The maximum Gasteiger partial charge on any atom is 0.310 e. The summed E-state index contributed by atoms with van der Waals surface area (Å²) in [7, 11) is 1.88. The fourth-order valence-corrected chi connectivity index (χ4v) is 5.11. The van der Waals surface area contributed by atoms with E-state index in [2.05, 4.69) is 27.0 Å². The topological polar surface area (TPSA) is 106 Å². The average Bonchev–Trinajstić information content (AvgIpc) is 3.47. The van der Waals surface area contributed by atoms with Gasteiger partial charge in [-0.25, -0.2) is 4.98 Å². The Labute approximate surface area is 223 Å². The van der Waals surface area contributed by atoms with Crippen molar-refractivity contribution in [2.75, 3.05) is 31.2 Å². The molecule has 6 rings (SSSR count). The van der Waals surface area contributed by atoms with Gasteiger partial charge in [-0.1, -0.05) is 23.7 Å². The Kier molecular flexibility index (Phi) is 6.17. The number of aromatic amines is 1. The molecule has 1 aliphatic rings. The molecule has 0 radical (unpaired) electrons. The van der Waals surface area contributed by atoms with Crippen LogP contribution in [0.15, 0.2) is 54.7 Å². The van der Waals surface area contributed by atoms with Crippen LogP contribution in [0.1, 0.15) is 18.4 Å². The van der Waals surface area contributed by atoms with Crippen LogP contribution < -0.4 is 9.64 Å². The maximum atomic E-state index is 11.5. The van der Waals surface area contributed by atoms with Crippen molar-refractivity contribution >= 4 is 45.3 Å². The molecule has 2 N–H and O–H groups in total. The van der Waals surface area contributed by atoms with E-state index in [1.165, 1.54) is 0 Å². The van der Waals surface area contributed by atoms with Gasteiger partial charge in [0.15, 0.2) is 5.65 Å². The lowest BCUT2D eigenvalue weighted by molar-refractivity contribution is -0.138. The lowest BCUT2D eigenvalue weighted by Gasteiger charge is -2.28. The molecule has 1 atom stereocenters. The van der Waals surface area contributed by atoms with Gasteiger partial charge in [-0.3, -0.25) is 4.79 Å². The summed E-state index contributed by atoms with van der Waals surface area (Å²) in [5, 5.41) is 10.8. The molecular formula is C28H26ClN5O4. The number of aliphatic carboxylic acids is 1. The molecule has 0 saturated carbocycles. The third-order valence-corrected chi connectivity index (χ3v) is 7.25. The normalized spacial score (nSPS) is 14.8. The molecule has 2 aromatic carbocycles. The second-order valence-electron chi connectivity index (χ2n) is 9.41. The third-order valence-electron chi connectivity index (χ3n) is 6.97. The molecule has 3 aromatic heterocycles. The van der Waals surface area contributed by atoms with Crippen LogP contribution >= 0.6 is 11.6 Å². The van der Waals surface area contributed by atoms with Crippen molar-refractivity contribution in [1.29, 1.82) is 0 Å². The number of morpholine rings is 1. The third kappa shape index (κ3) is 4.44. The highest BCUT2D eigenvalue weighted by Gasteiger charge is 2.20. The standard InChI is InChI=1S/C28H26ClN5O4/c1-16(27(35)36)21-15-33(2)24-13-19(7-8-20(21)24)38-28-30-23-14-22(29)25(31-26(23)32-28)17-3-5-18(6-4-17)34-9-11-37-12-10-34/h3-8,13-16H,9-12H2,1-2H3,(H,35,36)(H,30,31,32). The highest BCUT2D eigenvalue weighted by Crippen LogP contribution is 2.34. The number of carboxylic acids is 1. The number of fused-ring (bicyclic) bond motifs is 2. The van der Waals surface area contributed by atoms with Crippen molar-refractivity contribution in [3.63, 3.8) is 0 Å². The Morgan fingerprint density at radius 1 is 1.13 bits per heavy atom. The summed E-state index contributed by atoms with van der Waals surface area (Å²) in [4.78, 5) is 26.2. The summed E-state index contributed by atoms with van der Waals surface area (Å²) in [6.07, 6.45) is 1.84. The first-order valence-electron chi connectivity index (χ1n) is 12.4. The van der Waals surface area contributed by atoms with Crippen molar-refractivity contribution in [1.82, 2.24) is 19.5 Å². The van der Waals surface area contributed by atoms with Crippen LogP contribution in [0.2, 0.25) is 5.02 Å². The van der Waals surface area contributed by atoms with Gasteiger partial charge in [-0.15, -0.1) is 0 Å². The molecular weight excluding hydrogens is 506 g/mol. The molecule has 5 aromatic rings. The van der Waals surface area contributed by atoms with E-state index >= 15 is 0 Å². The zero-order chi connectivity index (χ0) is 26.4. The van der Waals surface area contributed by atoms with E-state index in [1.807, 2.05) is 42.1 Å². The number of H-pyrrole nitrogens is 1. The van der Waals surface area contributed by atoms with Gasteiger partial charge in [0, 0.05) is 49.0 Å². The van der Waals surface area contributed by atoms with E-state index in [0.29, 0.717) is 27.6 Å². The molecule has 0 bridgehead atoms. The monoisotopic (exact) mass is 531 g/mol. The summed E-state index contributed by atoms with van der Waals surface area (Å²) < 4.78 is 13.4. The fraction of sp³-hybridized carbons (Fsp3) is 0.250. The molecule has 10 heteroatoms. The van der Waals surface area contributed by atoms with Crippen LogP contribution in [-0.2, 0) is 16.6 Å². The first kappa shape index (κ1) is 24.3. The number of nitrogens with one attached hydrogen (secondary N) is 1. The second kappa shape index (κ2) is 9.66. The Hall–Kier alpha value is -4.08. The molecule has 0 spiro atoms. The van der Waals surface area contributed by atoms with Crippen LogP contribution in [0.4, 0.5) is 5.69 Å². The summed E-state index contributed by atoms with van der Waals surface area (Å²) in [6, 6.07) is 15.8. The van der Waals surface area contributed by atoms with Crippen molar-refractivity contribution < 1.29 is 19.4 Å². The molecule has 4 heterocycles. The lowest BCUT2D eigenvalue weighted by Crippen LogP contribution is -2.36. The molecule has 1 aliphatic heterocycles. The number of aromatic nitrogens is 4. The summed E-state index contributed by atoms with van der Waals surface area (Å²) in [5.74, 6) is -0.905. The number of hydrogen-bond donors (Lipinski definition) is 2. The number of benzene rings is 2. The van der Waals surface area contributed by atoms with Gasteiger partial charge in [0.1, 0.15) is 5.75 Å². The maximum absolute atomic E-state index is 11.5. The number of rotatable bonds is 6. The largest absolute Gasteiger partial charge is 0.481 e. The Bertz CT molecular complexity index is 1650. The number of aryl methyl sites for hydroxylation is 1. The molecule has 194 valence electrons. The van der Waals surface area contributed by atoms with E-state index in [0.717, 1.165) is 54.0 Å². The van der Waals surface area contributed by atoms with E-state index < -0.39 is 11.9 Å². The summed E-state index contributed by atoms with van der Waals surface area (Å²) in [6.45, 7) is 4.90. The number of hydrogen-bond acceptors (Lipinski definition) is 6. The van der Waals surface area contributed by atoms with Crippen LogP contribution in [0.5, 0.6) is 11.8 Å². The number of anilines is 1. The molecule has 9 nitrogen and oxygen atoms in total. The Morgan fingerprint density at radius 2 is 1.89 bits per heavy atom. The fourth-order valence-electron chi connectivity index (χ4n) is 4.85. The summed E-state index contributed by atoms with van der Waals surface area (Å²) in [5.41, 5.74) is 5.48. The van der Waals surface area contributed by atoms with Crippen LogP contribution in [0.25, 0.3) is 33.3 Å². The predicted octanol–water partition coefficient (Wildman–Crippen LogP) is 5.59. The minimum Gasteiger partial charge on any atom is -0.481 e. The highest BCUT2D eigenvalue weighted by molar-refractivity contribution is 6.33. The zero-order valence-corrected chi connectivity index (χ0v) is 21.7. The van der Waals surface area contributed by atoms with Gasteiger partial charge in [0.25, 0.3) is 0 Å². The first-order valence-corrected chi connectivity index (χ1v) is 12.7. The quantitative estimate of drug-likeness (QED) is 0.294. The minimum atomic E-state index is -0.862. The van der Waals surface area contributed by atoms with Gasteiger partial charge in [0.2, 0.25) is 0 Å². The van der Waals surface area contributed by atoms with Gasteiger partial charge in [0.05, 0.1) is 40.9 Å². The molecule has 0 aliphatic carbocycles. The summed E-state index contributed by atoms with van der Waals surface area (Å²) >= 11 is 6.61. The molecule has 1 unspecified atom stereocenters. The average molecular weight is 532 g/mol. The number of halogens is 1. The highest BCUT2D eigenvalue weighted by atomic mass is 35.5. The van der Waals surface area contributed by atoms with E-state index in [1.54, 1.807) is 19.1 Å². The van der Waals surface area contributed by atoms with E-state index in [-0.39, 0.29) is 6.01 Å². The number of imidazole rings is 1. The Balaban J connectivity index is 1.26. The number of nitrogens with zero attached hydrogens (tertiary/aromatic N) is 4. The van der Waals surface area contributed by atoms with Gasteiger partial charge >= 0.3 is 12.0 Å². The number of carbonyl (C=O) groups is 1. The smallest absolute Gasteiger partial charge is 0.310 e. The van der Waals surface area contributed by atoms with Crippen LogP contribution in [0.3, 0.4) is 0 Å². The number of carboxylic acid groups (broad SMARTS) is 1. The zero-order valence-electron chi connectivity index (χ0n) is 20.9. The predicted molar refractivity (Wildman–Crippen MR) is 146 cm³/mol. The van der Waals surface area contributed by atoms with Gasteiger partial charge in [-0.05, 0) is 42.8 Å². The minimum absolute atomic E-state index is 0.288. The second-order valence-corrected chi connectivity index (χ2v) is 9.82. The van der Waals surface area contributed by atoms with Crippen molar-refractivity contribution in [2.24, 2.45) is 7.05 Å².